The Morgan fingerprint density at radius 1 is 1.47 bits per heavy atom. The molecule has 1 aliphatic heterocycles. The van der Waals surface area contributed by atoms with Crippen molar-refractivity contribution in [2.24, 2.45) is 0 Å². The molecule has 1 N–H and O–H groups in total. The molecular formula is C14H21NO2. The highest BCUT2D eigenvalue weighted by Gasteiger charge is 2.16. The topological polar surface area (TPSA) is 30.5 Å². The van der Waals surface area contributed by atoms with Gasteiger partial charge in [-0.05, 0) is 32.9 Å². The van der Waals surface area contributed by atoms with E-state index in [1.807, 2.05) is 7.05 Å². The maximum atomic E-state index is 6.03. The van der Waals surface area contributed by atoms with Gasteiger partial charge in [0, 0.05) is 18.7 Å². The van der Waals surface area contributed by atoms with Crippen molar-refractivity contribution >= 4 is 0 Å². The highest BCUT2D eigenvalue weighted by Crippen LogP contribution is 2.23. The fourth-order valence-corrected chi connectivity index (χ4v) is 2.14. The van der Waals surface area contributed by atoms with Crippen molar-refractivity contribution in [2.75, 3.05) is 20.3 Å². The molecule has 17 heavy (non-hydrogen) atoms. The Balaban J connectivity index is 2.07. The smallest absolute Gasteiger partial charge is 0.124 e. The Morgan fingerprint density at radius 3 is 3.06 bits per heavy atom. The second-order valence-electron chi connectivity index (χ2n) is 4.60. The summed E-state index contributed by atoms with van der Waals surface area (Å²) in [5, 5.41) is 3.18. The van der Waals surface area contributed by atoms with Crippen LogP contribution in [0.2, 0.25) is 0 Å². The van der Waals surface area contributed by atoms with Gasteiger partial charge in [0.05, 0.1) is 6.61 Å². The summed E-state index contributed by atoms with van der Waals surface area (Å²) in [7, 11) is 1.95. The maximum absolute atomic E-state index is 6.03. The fourth-order valence-electron chi connectivity index (χ4n) is 2.14. The number of nitrogens with one attached hydrogen (secondary N) is 1. The van der Waals surface area contributed by atoms with Gasteiger partial charge in [0.2, 0.25) is 0 Å². The first kappa shape index (κ1) is 12.4. The van der Waals surface area contributed by atoms with Gasteiger partial charge in [-0.25, -0.2) is 0 Å². The van der Waals surface area contributed by atoms with Crippen molar-refractivity contribution in [3.8, 4) is 5.75 Å². The second-order valence-corrected chi connectivity index (χ2v) is 4.60. The van der Waals surface area contributed by atoms with Crippen LogP contribution < -0.4 is 10.1 Å². The number of hydrogen-bond acceptors (Lipinski definition) is 3. The quantitative estimate of drug-likeness (QED) is 0.868. The second kappa shape index (κ2) is 6.03. The van der Waals surface area contributed by atoms with Crippen LogP contribution in [0.15, 0.2) is 18.2 Å². The minimum Gasteiger partial charge on any atom is -0.488 e. The number of benzene rings is 1. The molecule has 1 aromatic rings. The van der Waals surface area contributed by atoms with E-state index in [0.717, 1.165) is 31.7 Å². The number of aryl methyl sites for hydroxylation is 1. The van der Waals surface area contributed by atoms with E-state index < -0.39 is 0 Å². The van der Waals surface area contributed by atoms with Gasteiger partial charge in [0.15, 0.2) is 0 Å². The summed E-state index contributed by atoms with van der Waals surface area (Å²) in [5.74, 6) is 0.987. The van der Waals surface area contributed by atoms with Gasteiger partial charge in [-0.2, -0.15) is 0 Å². The SMILES string of the molecule is CNCc1cc(C)ccc1OC1CCCOC1. The van der Waals surface area contributed by atoms with Crippen LogP contribution in [0.4, 0.5) is 0 Å². The van der Waals surface area contributed by atoms with Gasteiger partial charge in [-0.1, -0.05) is 17.7 Å². The molecule has 1 aromatic carbocycles. The molecule has 0 saturated carbocycles. The molecule has 2 rings (SSSR count). The van der Waals surface area contributed by atoms with Gasteiger partial charge in [-0.15, -0.1) is 0 Å². The maximum Gasteiger partial charge on any atom is 0.124 e. The van der Waals surface area contributed by atoms with E-state index in [2.05, 4.69) is 30.4 Å². The standard InChI is InChI=1S/C14H21NO2/c1-11-5-6-14(12(8-11)9-15-2)17-13-4-3-7-16-10-13/h5-6,8,13,15H,3-4,7,9-10H2,1-2H3. The zero-order chi connectivity index (χ0) is 12.1. The van der Waals surface area contributed by atoms with E-state index in [1.165, 1.54) is 11.1 Å². The van der Waals surface area contributed by atoms with E-state index in [4.69, 9.17) is 9.47 Å². The molecule has 1 fully saturated rings. The normalized spacial score (nSPS) is 20.2. The zero-order valence-electron chi connectivity index (χ0n) is 10.7. The molecule has 0 spiro atoms. The van der Waals surface area contributed by atoms with Crippen LogP contribution in [-0.2, 0) is 11.3 Å². The third-order valence-corrected chi connectivity index (χ3v) is 3.00. The molecule has 0 amide bonds. The fraction of sp³-hybridized carbons (Fsp3) is 0.571. The predicted molar refractivity (Wildman–Crippen MR) is 68.4 cm³/mol. The minimum absolute atomic E-state index is 0.210. The first-order valence-electron chi connectivity index (χ1n) is 6.28. The Labute approximate surface area is 103 Å². The molecule has 1 saturated heterocycles. The molecule has 94 valence electrons. The molecule has 0 radical (unpaired) electrons. The van der Waals surface area contributed by atoms with E-state index >= 15 is 0 Å². The molecule has 0 aromatic heterocycles. The number of ether oxygens (including phenoxy) is 2. The van der Waals surface area contributed by atoms with Crippen LogP contribution in [0, 0.1) is 6.92 Å². The molecule has 0 bridgehead atoms. The van der Waals surface area contributed by atoms with E-state index in [1.54, 1.807) is 0 Å². The minimum atomic E-state index is 0.210. The lowest BCUT2D eigenvalue weighted by Crippen LogP contribution is -2.28. The Morgan fingerprint density at radius 2 is 2.35 bits per heavy atom. The first-order chi connectivity index (χ1) is 8.29. The predicted octanol–water partition coefficient (Wildman–Crippen LogP) is 2.27. The number of hydrogen-bond donors (Lipinski definition) is 1. The van der Waals surface area contributed by atoms with Crippen LogP contribution in [0.1, 0.15) is 24.0 Å². The van der Waals surface area contributed by atoms with Gasteiger partial charge < -0.3 is 14.8 Å². The molecular weight excluding hydrogens is 214 g/mol. The van der Waals surface area contributed by atoms with Gasteiger partial charge in [0.1, 0.15) is 11.9 Å². The van der Waals surface area contributed by atoms with Gasteiger partial charge >= 0.3 is 0 Å². The molecule has 1 unspecified atom stereocenters. The summed E-state index contributed by atoms with van der Waals surface area (Å²) in [6, 6.07) is 6.34. The average molecular weight is 235 g/mol. The molecule has 1 atom stereocenters. The molecule has 3 heteroatoms. The summed E-state index contributed by atoms with van der Waals surface area (Å²) < 4.78 is 11.5. The Bertz CT molecular complexity index is 359. The Hall–Kier alpha value is -1.06. The average Bonchev–Trinajstić information content (AvgIpc) is 2.34. The van der Waals surface area contributed by atoms with Crippen molar-refractivity contribution < 1.29 is 9.47 Å². The number of rotatable bonds is 4. The molecule has 1 heterocycles. The lowest BCUT2D eigenvalue weighted by atomic mass is 10.1. The van der Waals surface area contributed by atoms with Gasteiger partial charge in [0.25, 0.3) is 0 Å². The van der Waals surface area contributed by atoms with Gasteiger partial charge in [-0.3, -0.25) is 0 Å². The summed E-state index contributed by atoms with van der Waals surface area (Å²) in [4.78, 5) is 0. The molecule has 1 aliphatic rings. The zero-order valence-corrected chi connectivity index (χ0v) is 10.7. The van der Waals surface area contributed by atoms with Crippen molar-refractivity contribution in [2.45, 2.75) is 32.4 Å². The lowest BCUT2D eigenvalue weighted by molar-refractivity contribution is 0.00701. The van der Waals surface area contributed by atoms with Crippen molar-refractivity contribution in [1.29, 1.82) is 0 Å². The van der Waals surface area contributed by atoms with Crippen LogP contribution >= 0.6 is 0 Å². The van der Waals surface area contributed by atoms with Crippen molar-refractivity contribution in [1.82, 2.24) is 5.32 Å². The first-order valence-corrected chi connectivity index (χ1v) is 6.28. The summed E-state index contributed by atoms with van der Waals surface area (Å²) in [6.07, 6.45) is 2.40. The van der Waals surface area contributed by atoms with Crippen LogP contribution in [0.3, 0.4) is 0 Å². The summed E-state index contributed by atoms with van der Waals surface area (Å²) in [5.41, 5.74) is 2.49. The monoisotopic (exact) mass is 235 g/mol. The summed E-state index contributed by atoms with van der Waals surface area (Å²) >= 11 is 0. The van der Waals surface area contributed by atoms with Crippen molar-refractivity contribution in [3.05, 3.63) is 29.3 Å². The largest absolute Gasteiger partial charge is 0.488 e. The Kier molecular flexibility index (Phi) is 4.40. The van der Waals surface area contributed by atoms with Crippen molar-refractivity contribution in [3.63, 3.8) is 0 Å². The third kappa shape index (κ3) is 3.45. The van der Waals surface area contributed by atoms with Crippen LogP contribution in [-0.4, -0.2) is 26.4 Å². The summed E-state index contributed by atoms with van der Waals surface area (Å²) in [6.45, 7) is 4.53. The van der Waals surface area contributed by atoms with Crippen LogP contribution in [0.25, 0.3) is 0 Å². The highest BCUT2D eigenvalue weighted by atomic mass is 16.5. The molecule has 3 nitrogen and oxygen atoms in total. The van der Waals surface area contributed by atoms with E-state index in [9.17, 15) is 0 Å². The van der Waals surface area contributed by atoms with E-state index in [0.29, 0.717) is 6.61 Å². The lowest BCUT2D eigenvalue weighted by Gasteiger charge is -2.24. The van der Waals surface area contributed by atoms with Crippen LogP contribution in [0.5, 0.6) is 5.75 Å². The molecule has 0 aliphatic carbocycles. The van der Waals surface area contributed by atoms with E-state index in [-0.39, 0.29) is 6.10 Å². The third-order valence-electron chi connectivity index (χ3n) is 3.00. The highest BCUT2D eigenvalue weighted by molar-refractivity contribution is 5.37.